The van der Waals surface area contributed by atoms with E-state index < -0.39 is 6.11 Å². The van der Waals surface area contributed by atoms with Crippen molar-refractivity contribution in [3.63, 3.8) is 0 Å². The second kappa shape index (κ2) is 9.95. The number of hydrogen-bond donors (Lipinski definition) is 0. The Hall–Kier alpha value is -3.36. The van der Waals surface area contributed by atoms with Crippen LogP contribution in [0, 0.1) is 6.92 Å². The van der Waals surface area contributed by atoms with Gasteiger partial charge in [0.1, 0.15) is 5.75 Å². The Balaban J connectivity index is 1.31. The van der Waals surface area contributed by atoms with Gasteiger partial charge in [-0.2, -0.15) is 8.78 Å². The van der Waals surface area contributed by atoms with Gasteiger partial charge < -0.3 is 14.4 Å². The van der Waals surface area contributed by atoms with E-state index >= 15 is 0 Å². The van der Waals surface area contributed by atoms with Crippen LogP contribution in [0.1, 0.15) is 39.5 Å². The minimum Gasteiger partial charge on any atom is -0.433 e. The summed E-state index contributed by atoms with van der Waals surface area (Å²) in [4.78, 5) is 21.8. The van der Waals surface area contributed by atoms with Gasteiger partial charge in [0.25, 0.3) is 5.91 Å². The van der Waals surface area contributed by atoms with Crippen molar-refractivity contribution < 1.29 is 23.0 Å². The van der Waals surface area contributed by atoms with Gasteiger partial charge >= 0.3 is 6.11 Å². The van der Waals surface area contributed by atoms with Crippen molar-refractivity contribution in [3.05, 3.63) is 82.7 Å². The van der Waals surface area contributed by atoms with E-state index in [9.17, 15) is 13.6 Å². The van der Waals surface area contributed by atoms with Gasteiger partial charge in [0.15, 0.2) is 0 Å². The molecule has 188 valence electrons. The molecule has 2 aliphatic heterocycles. The van der Waals surface area contributed by atoms with E-state index in [1.807, 2.05) is 25.4 Å². The SMILES string of the molecule is Cc1cc(-c2cncc(CN3CCOCC3)c2)cc2c1C(=O)N(Cc1ccc(OC(C)(F)F)cc1)C2. The van der Waals surface area contributed by atoms with Crippen LogP contribution in [0.5, 0.6) is 5.75 Å². The highest BCUT2D eigenvalue weighted by Gasteiger charge is 2.30. The van der Waals surface area contributed by atoms with Crippen LogP contribution < -0.4 is 4.74 Å². The number of hydrogen-bond acceptors (Lipinski definition) is 5. The molecule has 3 heterocycles. The van der Waals surface area contributed by atoms with E-state index in [0.29, 0.717) is 20.0 Å². The number of rotatable bonds is 7. The third kappa shape index (κ3) is 5.55. The number of nitrogens with zero attached hydrogens (tertiary/aromatic N) is 3. The average Bonchev–Trinajstić information content (AvgIpc) is 3.15. The molecule has 0 aliphatic carbocycles. The fourth-order valence-electron chi connectivity index (χ4n) is 4.86. The normalized spacial score (nSPS) is 16.3. The zero-order valence-electron chi connectivity index (χ0n) is 20.5. The molecule has 8 heteroatoms. The number of carbonyl (C=O) groups excluding carboxylic acids is 1. The standard InChI is InChI=1S/C28H29F2N3O3/c1-19-11-22(23-12-21(14-31-15-23)16-32-7-9-35-10-8-32)13-24-18-33(27(34)26(19)24)17-20-3-5-25(6-4-20)36-28(2,29)30/h3-6,11-15H,7-10,16-18H2,1-2H3. The molecule has 0 spiro atoms. The zero-order valence-corrected chi connectivity index (χ0v) is 20.5. The summed E-state index contributed by atoms with van der Waals surface area (Å²) in [6.45, 7) is 7.74. The maximum absolute atomic E-state index is 13.2. The Kier molecular flexibility index (Phi) is 6.73. The summed E-state index contributed by atoms with van der Waals surface area (Å²) in [6.07, 6.45) is 0.533. The summed E-state index contributed by atoms with van der Waals surface area (Å²) in [5.41, 5.74) is 6.72. The quantitative estimate of drug-likeness (QED) is 0.462. The molecule has 2 aliphatic rings. The molecule has 1 aromatic heterocycles. The smallest absolute Gasteiger partial charge is 0.394 e. The Bertz CT molecular complexity index is 1250. The van der Waals surface area contributed by atoms with Crippen molar-refractivity contribution in [2.45, 2.75) is 39.6 Å². The number of benzene rings is 2. The summed E-state index contributed by atoms with van der Waals surface area (Å²) in [6, 6.07) is 12.7. The molecule has 2 aromatic carbocycles. The van der Waals surface area contributed by atoms with Gasteiger partial charge in [0, 0.05) is 63.2 Å². The average molecular weight is 494 g/mol. The van der Waals surface area contributed by atoms with Crippen molar-refractivity contribution in [2.75, 3.05) is 26.3 Å². The zero-order chi connectivity index (χ0) is 25.3. The van der Waals surface area contributed by atoms with E-state index in [1.165, 1.54) is 12.1 Å². The monoisotopic (exact) mass is 493 g/mol. The molecule has 5 rings (SSSR count). The van der Waals surface area contributed by atoms with Crippen LogP contribution in [0.4, 0.5) is 8.78 Å². The predicted octanol–water partition coefficient (Wildman–Crippen LogP) is 5.04. The number of pyridine rings is 1. The minimum atomic E-state index is -3.24. The fourth-order valence-corrected chi connectivity index (χ4v) is 4.86. The van der Waals surface area contributed by atoms with Crippen molar-refractivity contribution in [2.24, 2.45) is 0 Å². The maximum Gasteiger partial charge on any atom is 0.394 e. The molecule has 0 atom stereocenters. The molecule has 1 fully saturated rings. The third-order valence-electron chi connectivity index (χ3n) is 6.51. The van der Waals surface area contributed by atoms with Gasteiger partial charge in [0.05, 0.1) is 13.2 Å². The van der Waals surface area contributed by atoms with Crippen LogP contribution in [0.15, 0.2) is 54.9 Å². The number of halogens is 2. The summed E-state index contributed by atoms with van der Waals surface area (Å²) < 4.78 is 36.2. The summed E-state index contributed by atoms with van der Waals surface area (Å²) >= 11 is 0. The van der Waals surface area contributed by atoms with Crippen molar-refractivity contribution >= 4 is 5.91 Å². The van der Waals surface area contributed by atoms with Crippen molar-refractivity contribution in [3.8, 4) is 16.9 Å². The molecule has 0 unspecified atom stereocenters. The van der Waals surface area contributed by atoms with Gasteiger partial charge in [-0.1, -0.05) is 18.2 Å². The van der Waals surface area contributed by atoms with E-state index in [1.54, 1.807) is 17.0 Å². The lowest BCUT2D eigenvalue weighted by Crippen LogP contribution is -2.35. The number of morpholine rings is 1. The van der Waals surface area contributed by atoms with Crippen LogP contribution in [0.2, 0.25) is 0 Å². The molecule has 3 aromatic rings. The Labute approximate surface area is 209 Å². The highest BCUT2D eigenvalue weighted by atomic mass is 19.3. The topological polar surface area (TPSA) is 54.9 Å². The van der Waals surface area contributed by atoms with E-state index in [4.69, 9.17) is 4.74 Å². The van der Waals surface area contributed by atoms with Crippen LogP contribution >= 0.6 is 0 Å². The second-order valence-corrected chi connectivity index (χ2v) is 9.51. The number of alkyl halides is 2. The lowest BCUT2D eigenvalue weighted by Gasteiger charge is -2.26. The van der Waals surface area contributed by atoms with Gasteiger partial charge in [0.2, 0.25) is 0 Å². The first-order chi connectivity index (χ1) is 17.2. The van der Waals surface area contributed by atoms with Gasteiger partial charge in [-0.05, 0) is 59.0 Å². The summed E-state index contributed by atoms with van der Waals surface area (Å²) in [5, 5.41) is 0. The maximum atomic E-state index is 13.2. The Morgan fingerprint density at radius 1 is 1.00 bits per heavy atom. The Morgan fingerprint density at radius 3 is 2.47 bits per heavy atom. The first-order valence-corrected chi connectivity index (χ1v) is 12.1. The molecular formula is C28H29F2N3O3. The van der Waals surface area contributed by atoms with Crippen LogP contribution in [-0.4, -0.2) is 53.1 Å². The summed E-state index contributed by atoms with van der Waals surface area (Å²) in [7, 11) is 0. The van der Waals surface area contributed by atoms with Crippen LogP contribution in [0.3, 0.4) is 0 Å². The Morgan fingerprint density at radius 2 is 1.75 bits per heavy atom. The minimum absolute atomic E-state index is 0.0198. The van der Waals surface area contributed by atoms with E-state index in [0.717, 1.165) is 71.8 Å². The number of ether oxygens (including phenoxy) is 2. The highest BCUT2D eigenvalue weighted by Crippen LogP contribution is 2.33. The summed E-state index contributed by atoms with van der Waals surface area (Å²) in [5.74, 6) is 0.0703. The number of aromatic nitrogens is 1. The molecule has 0 N–H and O–H groups in total. The van der Waals surface area contributed by atoms with Gasteiger partial charge in [-0.15, -0.1) is 0 Å². The van der Waals surface area contributed by atoms with Crippen LogP contribution in [0.25, 0.3) is 11.1 Å². The van der Waals surface area contributed by atoms with E-state index in [-0.39, 0.29) is 11.7 Å². The number of amides is 1. The molecule has 1 saturated heterocycles. The van der Waals surface area contributed by atoms with Crippen molar-refractivity contribution in [1.82, 2.24) is 14.8 Å². The van der Waals surface area contributed by atoms with E-state index in [2.05, 4.69) is 26.8 Å². The molecule has 0 bridgehead atoms. The number of carbonyl (C=O) groups is 1. The van der Waals surface area contributed by atoms with Gasteiger partial charge in [-0.3, -0.25) is 14.7 Å². The van der Waals surface area contributed by atoms with Gasteiger partial charge in [-0.25, -0.2) is 0 Å². The molecule has 0 radical (unpaired) electrons. The number of aryl methyl sites for hydroxylation is 1. The van der Waals surface area contributed by atoms with Crippen molar-refractivity contribution in [1.29, 1.82) is 0 Å². The molecule has 1 amide bonds. The lowest BCUT2D eigenvalue weighted by atomic mass is 9.96. The molecular weight excluding hydrogens is 464 g/mol. The lowest BCUT2D eigenvalue weighted by molar-refractivity contribution is -0.158. The number of fused-ring (bicyclic) bond motifs is 1. The first kappa shape index (κ1) is 24.3. The first-order valence-electron chi connectivity index (χ1n) is 12.1. The van der Waals surface area contributed by atoms with Crippen LogP contribution in [-0.2, 0) is 24.4 Å². The fraction of sp³-hybridized carbons (Fsp3) is 0.357. The highest BCUT2D eigenvalue weighted by molar-refractivity contribution is 6.00. The molecule has 0 saturated carbocycles. The second-order valence-electron chi connectivity index (χ2n) is 9.51. The predicted molar refractivity (Wildman–Crippen MR) is 132 cm³/mol. The molecule has 6 nitrogen and oxygen atoms in total. The third-order valence-corrected chi connectivity index (χ3v) is 6.51. The largest absolute Gasteiger partial charge is 0.433 e. The molecule has 36 heavy (non-hydrogen) atoms.